The highest BCUT2D eigenvalue weighted by Gasteiger charge is 2.15. The van der Waals surface area contributed by atoms with Crippen LogP contribution in [0.1, 0.15) is 26.3 Å². The molecule has 0 aliphatic rings. The first-order valence-electron chi connectivity index (χ1n) is 9.15. The first kappa shape index (κ1) is 21.9. The average molecular weight is 401 g/mol. The molecular weight excluding hydrogens is 374 g/mol. The summed E-state index contributed by atoms with van der Waals surface area (Å²) >= 11 is 0. The number of alkyl carbamates (subject to hydrolysis) is 1. The van der Waals surface area contributed by atoms with Crippen LogP contribution in [0.25, 0.3) is 0 Å². The number of hydrogen-bond acceptors (Lipinski definition) is 5. The molecule has 2 aromatic carbocycles. The van der Waals surface area contributed by atoms with Crippen molar-refractivity contribution >= 4 is 23.6 Å². The smallest absolute Gasteiger partial charge is 0.411 e. The zero-order valence-electron chi connectivity index (χ0n) is 17.1. The van der Waals surface area contributed by atoms with Gasteiger partial charge in [0, 0.05) is 19.7 Å². The molecule has 8 nitrogen and oxygen atoms in total. The van der Waals surface area contributed by atoms with E-state index in [1.54, 1.807) is 30.3 Å². The predicted molar refractivity (Wildman–Crippen MR) is 112 cm³/mol. The van der Waals surface area contributed by atoms with E-state index in [1.165, 1.54) is 7.05 Å². The van der Waals surface area contributed by atoms with Gasteiger partial charge < -0.3 is 25.6 Å². The topological polar surface area (TPSA) is 114 Å². The number of hydrogen-bond donors (Lipinski definition) is 3. The molecule has 0 unspecified atom stereocenters. The van der Waals surface area contributed by atoms with Crippen molar-refractivity contribution in [2.24, 2.45) is 0 Å². The maximum atomic E-state index is 11.6. The zero-order chi connectivity index (χ0) is 21.6. The number of rotatable bonds is 6. The van der Waals surface area contributed by atoms with Gasteiger partial charge in [0.25, 0.3) is 0 Å². The SMILES string of the molecule is CN(C(=O)O)c1cc(Oc2ccc(CCNC(=O)OC(C)(C)C)cc2)ccc1N. The molecule has 0 spiro atoms. The van der Waals surface area contributed by atoms with Gasteiger partial charge in [0.05, 0.1) is 11.4 Å². The second-order valence-electron chi connectivity index (χ2n) is 7.49. The van der Waals surface area contributed by atoms with E-state index < -0.39 is 17.8 Å². The minimum absolute atomic E-state index is 0.343. The molecule has 0 atom stereocenters. The van der Waals surface area contributed by atoms with Crippen LogP contribution in [0.5, 0.6) is 11.5 Å². The highest BCUT2D eigenvalue weighted by molar-refractivity contribution is 5.90. The summed E-state index contributed by atoms with van der Waals surface area (Å²) in [5.41, 5.74) is 7.03. The minimum atomic E-state index is -1.11. The van der Waals surface area contributed by atoms with E-state index in [0.29, 0.717) is 35.8 Å². The van der Waals surface area contributed by atoms with Gasteiger partial charge in [0.2, 0.25) is 0 Å². The Bertz CT molecular complexity index is 860. The molecule has 0 bridgehead atoms. The van der Waals surface area contributed by atoms with Crippen molar-refractivity contribution < 1.29 is 24.2 Å². The Balaban J connectivity index is 1.93. The van der Waals surface area contributed by atoms with Gasteiger partial charge in [0.15, 0.2) is 0 Å². The summed E-state index contributed by atoms with van der Waals surface area (Å²) < 4.78 is 11.0. The van der Waals surface area contributed by atoms with Crippen LogP contribution >= 0.6 is 0 Å². The van der Waals surface area contributed by atoms with E-state index in [1.807, 2.05) is 32.9 Å². The van der Waals surface area contributed by atoms with Crippen molar-refractivity contribution in [2.75, 3.05) is 24.2 Å². The number of amides is 2. The zero-order valence-corrected chi connectivity index (χ0v) is 17.1. The molecule has 0 aliphatic heterocycles. The van der Waals surface area contributed by atoms with Crippen LogP contribution in [0.3, 0.4) is 0 Å². The first-order valence-corrected chi connectivity index (χ1v) is 9.15. The summed E-state index contributed by atoms with van der Waals surface area (Å²) in [6.07, 6.45) is -0.907. The Morgan fingerprint density at radius 3 is 2.31 bits per heavy atom. The van der Waals surface area contributed by atoms with Crippen molar-refractivity contribution in [1.82, 2.24) is 5.32 Å². The Hall–Kier alpha value is -3.42. The molecular formula is C21H27N3O5. The fraction of sp³-hybridized carbons (Fsp3) is 0.333. The van der Waals surface area contributed by atoms with Gasteiger partial charge >= 0.3 is 12.2 Å². The van der Waals surface area contributed by atoms with E-state index in [2.05, 4.69) is 5.32 Å². The molecule has 2 amide bonds. The maximum absolute atomic E-state index is 11.6. The van der Waals surface area contributed by atoms with Crippen LogP contribution in [0.4, 0.5) is 21.0 Å². The molecule has 4 N–H and O–H groups in total. The fourth-order valence-corrected chi connectivity index (χ4v) is 2.46. The van der Waals surface area contributed by atoms with Crippen LogP contribution < -0.4 is 20.7 Å². The summed E-state index contributed by atoms with van der Waals surface area (Å²) in [7, 11) is 1.41. The monoisotopic (exact) mass is 401 g/mol. The van der Waals surface area contributed by atoms with E-state index in [0.717, 1.165) is 10.5 Å². The minimum Gasteiger partial charge on any atom is -0.465 e. The molecule has 8 heteroatoms. The van der Waals surface area contributed by atoms with E-state index in [9.17, 15) is 9.59 Å². The molecule has 0 aliphatic carbocycles. The van der Waals surface area contributed by atoms with Gasteiger partial charge in [-0.25, -0.2) is 9.59 Å². The van der Waals surface area contributed by atoms with E-state index >= 15 is 0 Å². The van der Waals surface area contributed by atoms with E-state index in [4.69, 9.17) is 20.3 Å². The molecule has 29 heavy (non-hydrogen) atoms. The average Bonchev–Trinajstić information content (AvgIpc) is 2.62. The van der Waals surface area contributed by atoms with Crippen LogP contribution in [0.2, 0.25) is 0 Å². The number of nitrogens with one attached hydrogen (secondary N) is 1. The molecule has 156 valence electrons. The van der Waals surface area contributed by atoms with Crippen molar-refractivity contribution in [1.29, 1.82) is 0 Å². The summed E-state index contributed by atoms with van der Waals surface area (Å²) in [4.78, 5) is 23.8. The maximum Gasteiger partial charge on any atom is 0.411 e. The molecule has 0 saturated carbocycles. The lowest BCUT2D eigenvalue weighted by Crippen LogP contribution is -2.33. The summed E-state index contributed by atoms with van der Waals surface area (Å²) in [5.74, 6) is 1.07. The Kier molecular flexibility index (Phi) is 6.93. The lowest BCUT2D eigenvalue weighted by molar-refractivity contribution is 0.0528. The second-order valence-corrected chi connectivity index (χ2v) is 7.49. The quantitative estimate of drug-likeness (QED) is 0.624. The molecule has 0 aromatic heterocycles. The number of carbonyl (C=O) groups is 2. The van der Waals surface area contributed by atoms with Crippen molar-refractivity contribution in [3.63, 3.8) is 0 Å². The van der Waals surface area contributed by atoms with Gasteiger partial charge in [-0.1, -0.05) is 12.1 Å². The third kappa shape index (κ3) is 6.91. The van der Waals surface area contributed by atoms with Gasteiger partial charge in [-0.2, -0.15) is 0 Å². The Morgan fingerprint density at radius 1 is 1.10 bits per heavy atom. The van der Waals surface area contributed by atoms with Gasteiger partial charge in [-0.3, -0.25) is 4.90 Å². The Morgan fingerprint density at radius 2 is 1.72 bits per heavy atom. The number of carbonyl (C=O) groups excluding carboxylic acids is 1. The number of benzene rings is 2. The van der Waals surface area contributed by atoms with Crippen molar-refractivity contribution in [3.8, 4) is 11.5 Å². The Labute approximate surface area is 170 Å². The third-order valence-electron chi connectivity index (χ3n) is 3.89. The van der Waals surface area contributed by atoms with Crippen LogP contribution in [0, 0.1) is 0 Å². The molecule has 0 radical (unpaired) electrons. The highest BCUT2D eigenvalue weighted by atomic mass is 16.6. The van der Waals surface area contributed by atoms with Gasteiger partial charge in [-0.05, 0) is 57.0 Å². The van der Waals surface area contributed by atoms with Gasteiger partial charge in [0.1, 0.15) is 17.1 Å². The normalized spacial score (nSPS) is 10.9. The largest absolute Gasteiger partial charge is 0.465 e. The van der Waals surface area contributed by atoms with Gasteiger partial charge in [-0.15, -0.1) is 0 Å². The lowest BCUT2D eigenvalue weighted by atomic mass is 10.1. The predicted octanol–water partition coefficient (Wildman–Crippen LogP) is 4.24. The third-order valence-corrected chi connectivity index (χ3v) is 3.89. The van der Waals surface area contributed by atoms with Crippen LogP contribution in [0.15, 0.2) is 42.5 Å². The molecule has 2 rings (SSSR count). The first-order chi connectivity index (χ1) is 13.5. The number of nitrogens with zero attached hydrogens (tertiary/aromatic N) is 1. The molecule has 0 saturated heterocycles. The van der Waals surface area contributed by atoms with Crippen molar-refractivity contribution in [2.45, 2.75) is 32.8 Å². The fourth-order valence-electron chi connectivity index (χ4n) is 2.46. The summed E-state index contributed by atoms with van der Waals surface area (Å²) in [5, 5.41) is 11.8. The number of carboxylic acid groups (broad SMARTS) is 1. The number of ether oxygens (including phenoxy) is 2. The second kappa shape index (κ2) is 9.18. The molecule has 2 aromatic rings. The molecule has 0 fully saturated rings. The lowest BCUT2D eigenvalue weighted by Gasteiger charge is -2.19. The molecule has 0 heterocycles. The highest BCUT2D eigenvalue weighted by Crippen LogP contribution is 2.30. The van der Waals surface area contributed by atoms with Crippen LogP contribution in [-0.2, 0) is 11.2 Å². The standard InChI is InChI=1S/C21H27N3O5/c1-21(2,3)29-19(25)23-12-11-14-5-7-15(8-6-14)28-16-9-10-17(22)18(13-16)24(4)20(26)27/h5-10,13H,11-12,22H2,1-4H3,(H,23,25)(H,26,27). The number of nitrogens with two attached hydrogens (primary N) is 1. The van der Waals surface area contributed by atoms with Crippen LogP contribution in [-0.4, -0.2) is 36.5 Å². The summed E-state index contributed by atoms with van der Waals surface area (Å²) in [6, 6.07) is 12.2. The number of nitrogen functional groups attached to an aromatic ring is 1. The van der Waals surface area contributed by atoms with E-state index in [-0.39, 0.29) is 0 Å². The number of anilines is 2. The summed E-state index contributed by atoms with van der Waals surface area (Å²) in [6.45, 7) is 5.90. The van der Waals surface area contributed by atoms with Crippen molar-refractivity contribution in [3.05, 3.63) is 48.0 Å².